The molecule has 28 heavy (non-hydrogen) atoms. The van der Waals surface area contributed by atoms with Crippen molar-refractivity contribution in [3.8, 4) is 5.75 Å². The summed E-state index contributed by atoms with van der Waals surface area (Å²) < 4.78 is 10.8. The monoisotopic (exact) mass is 378 g/mol. The van der Waals surface area contributed by atoms with Gasteiger partial charge in [-0.15, -0.1) is 0 Å². The third-order valence-electron chi connectivity index (χ3n) is 3.31. The van der Waals surface area contributed by atoms with Gasteiger partial charge in [0.05, 0.1) is 0 Å². The lowest BCUT2D eigenvalue weighted by molar-refractivity contribution is -0.130. The third-order valence-corrected chi connectivity index (χ3v) is 3.31. The molecule has 0 fully saturated rings. The fourth-order valence-electron chi connectivity index (χ4n) is 1.74. The standard InChI is InChI=1S/C23H24O3.C2H6/c1-8-19(10-13-21(9-2)25-18(7)16(3)4)20-11-14-22(15-12-20)26-23(24)17(5)6;1-2/h8-15H,1-3,5,7H2,4,6H3;1-2H3/b19-10+,21-13+;. The van der Waals surface area contributed by atoms with E-state index in [2.05, 4.69) is 32.9 Å². The lowest BCUT2D eigenvalue weighted by Gasteiger charge is -2.09. The molecule has 0 N–H and O–H groups in total. The minimum absolute atomic E-state index is 0.346. The van der Waals surface area contributed by atoms with Crippen molar-refractivity contribution in [2.24, 2.45) is 0 Å². The number of hydrogen-bond acceptors (Lipinski definition) is 3. The van der Waals surface area contributed by atoms with Crippen molar-refractivity contribution >= 4 is 11.5 Å². The molecule has 148 valence electrons. The summed E-state index contributed by atoms with van der Waals surface area (Å²) in [5.74, 6) is 1.03. The average Bonchev–Trinajstić information content (AvgIpc) is 2.69. The van der Waals surface area contributed by atoms with E-state index in [1.54, 1.807) is 37.3 Å². The van der Waals surface area contributed by atoms with Gasteiger partial charge in [0.1, 0.15) is 17.3 Å². The van der Waals surface area contributed by atoms with Crippen molar-refractivity contribution in [3.05, 3.63) is 110 Å². The van der Waals surface area contributed by atoms with Crippen LogP contribution in [0.2, 0.25) is 0 Å². The third kappa shape index (κ3) is 8.37. The van der Waals surface area contributed by atoms with E-state index in [0.29, 0.717) is 22.8 Å². The highest BCUT2D eigenvalue weighted by Gasteiger charge is 2.06. The van der Waals surface area contributed by atoms with Gasteiger partial charge in [-0.05, 0) is 54.8 Å². The van der Waals surface area contributed by atoms with Gasteiger partial charge in [-0.25, -0.2) is 4.79 Å². The van der Waals surface area contributed by atoms with E-state index in [1.807, 2.05) is 39.0 Å². The highest BCUT2D eigenvalue weighted by atomic mass is 16.5. The zero-order chi connectivity index (χ0) is 21.7. The maximum atomic E-state index is 11.5. The maximum Gasteiger partial charge on any atom is 0.338 e. The molecule has 0 aliphatic rings. The number of carbonyl (C=O) groups is 1. The van der Waals surface area contributed by atoms with Crippen LogP contribution in [0.15, 0.2) is 104 Å². The Labute approximate surface area is 169 Å². The summed E-state index contributed by atoms with van der Waals surface area (Å²) in [6.45, 7) is 26.1. The molecule has 0 unspecified atom stereocenters. The fourth-order valence-corrected chi connectivity index (χ4v) is 1.74. The van der Waals surface area contributed by atoms with E-state index in [9.17, 15) is 4.79 Å². The van der Waals surface area contributed by atoms with Crippen molar-refractivity contribution in [2.45, 2.75) is 27.7 Å². The Balaban J connectivity index is 0.00000352. The molecule has 0 saturated carbocycles. The molecule has 3 nitrogen and oxygen atoms in total. The van der Waals surface area contributed by atoms with E-state index in [4.69, 9.17) is 9.47 Å². The zero-order valence-corrected chi connectivity index (χ0v) is 17.4. The topological polar surface area (TPSA) is 35.5 Å². The van der Waals surface area contributed by atoms with Crippen LogP contribution in [0.4, 0.5) is 0 Å². The molecular formula is C25H30O3. The Kier molecular flexibility index (Phi) is 11.4. The van der Waals surface area contributed by atoms with Gasteiger partial charge >= 0.3 is 5.97 Å². The normalized spacial score (nSPS) is 10.7. The van der Waals surface area contributed by atoms with Gasteiger partial charge in [-0.1, -0.05) is 71.0 Å². The van der Waals surface area contributed by atoms with Gasteiger partial charge in [0.25, 0.3) is 0 Å². The second-order valence-corrected chi connectivity index (χ2v) is 5.60. The summed E-state index contributed by atoms with van der Waals surface area (Å²) in [6, 6.07) is 7.10. The molecule has 0 heterocycles. The van der Waals surface area contributed by atoms with Gasteiger partial charge in [0.2, 0.25) is 0 Å². The van der Waals surface area contributed by atoms with Crippen LogP contribution in [-0.4, -0.2) is 5.97 Å². The van der Waals surface area contributed by atoms with E-state index in [-0.39, 0.29) is 0 Å². The number of allylic oxidation sites excluding steroid dienone is 6. The number of ether oxygens (including phenoxy) is 2. The van der Waals surface area contributed by atoms with Crippen molar-refractivity contribution < 1.29 is 14.3 Å². The molecule has 0 spiro atoms. The SMILES string of the molecule is C=C/C(=C\C=C(/C=C)c1ccc(OC(=O)C(=C)C)cc1)OC(=C)C(=C)C.CC. The van der Waals surface area contributed by atoms with Crippen LogP contribution >= 0.6 is 0 Å². The van der Waals surface area contributed by atoms with Gasteiger partial charge in [0, 0.05) is 5.57 Å². The van der Waals surface area contributed by atoms with Gasteiger partial charge in [-0.3, -0.25) is 0 Å². The number of benzene rings is 1. The van der Waals surface area contributed by atoms with E-state index >= 15 is 0 Å². The largest absolute Gasteiger partial charge is 0.458 e. The fraction of sp³-hybridized carbons (Fsp3) is 0.160. The molecule has 0 radical (unpaired) electrons. The van der Waals surface area contributed by atoms with Crippen molar-refractivity contribution in [3.63, 3.8) is 0 Å². The molecule has 1 rings (SSSR count). The average molecular weight is 379 g/mol. The Bertz CT molecular complexity index is 803. The maximum absolute atomic E-state index is 11.5. The minimum Gasteiger partial charge on any atom is -0.458 e. The molecular weight excluding hydrogens is 348 g/mol. The molecule has 0 bridgehead atoms. The van der Waals surface area contributed by atoms with Gasteiger partial charge in [0.15, 0.2) is 0 Å². The number of esters is 1. The zero-order valence-electron chi connectivity index (χ0n) is 17.4. The summed E-state index contributed by atoms with van der Waals surface area (Å²) in [4.78, 5) is 11.5. The van der Waals surface area contributed by atoms with Crippen LogP contribution in [-0.2, 0) is 9.53 Å². The van der Waals surface area contributed by atoms with Crippen molar-refractivity contribution in [1.82, 2.24) is 0 Å². The lowest BCUT2D eigenvalue weighted by atomic mass is 10.1. The van der Waals surface area contributed by atoms with Crippen LogP contribution < -0.4 is 4.74 Å². The van der Waals surface area contributed by atoms with E-state index < -0.39 is 5.97 Å². The molecule has 0 amide bonds. The Morgan fingerprint density at radius 1 is 0.893 bits per heavy atom. The first kappa shape index (κ1) is 24.7. The number of rotatable bonds is 9. The second-order valence-electron chi connectivity index (χ2n) is 5.60. The molecule has 3 heteroatoms. The van der Waals surface area contributed by atoms with Crippen LogP contribution in [0, 0.1) is 0 Å². The summed E-state index contributed by atoms with van der Waals surface area (Å²) in [7, 11) is 0. The van der Waals surface area contributed by atoms with Crippen LogP contribution in [0.25, 0.3) is 5.57 Å². The highest BCUT2D eigenvalue weighted by Crippen LogP contribution is 2.21. The van der Waals surface area contributed by atoms with Crippen LogP contribution in [0.3, 0.4) is 0 Å². The van der Waals surface area contributed by atoms with Gasteiger partial charge in [-0.2, -0.15) is 0 Å². The molecule has 0 aliphatic heterocycles. The van der Waals surface area contributed by atoms with Crippen molar-refractivity contribution in [1.29, 1.82) is 0 Å². The number of hydrogen-bond donors (Lipinski definition) is 0. The second kappa shape index (κ2) is 12.9. The summed E-state index contributed by atoms with van der Waals surface area (Å²) in [5, 5.41) is 0. The summed E-state index contributed by atoms with van der Waals surface area (Å²) in [5.41, 5.74) is 2.87. The minimum atomic E-state index is -0.453. The summed E-state index contributed by atoms with van der Waals surface area (Å²) in [6.07, 6.45) is 6.93. The first-order valence-corrected chi connectivity index (χ1v) is 8.96. The first-order valence-electron chi connectivity index (χ1n) is 8.96. The molecule has 0 atom stereocenters. The van der Waals surface area contributed by atoms with Gasteiger partial charge < -0.3 is 9.47 Å². The molecule has 0 aliphatic carbocycles. The molecule has 1 aromatic rings. The van der Waals surface area contributed by atoms with Crippen LogP contribution in [0.1, 0.15) is 33.3 Å². The molecule has 0 aromatic heterocycles. The molecule has 1 aromatic carbocycles. The van der Waals surface area contributed by atoms with Crippen LogP contribution in [0.5, 0.6) is 5.75 Å². The predicted molar refractivity (Wildman–Crippen MR) is 120 cm³/mol. The lowest BCUT2D eigenvalue weighted by Crippen LogP contribution is -2.07. The van der Waals surface area contributed by atoms with E-state index in [1.165, 1.54) is 0 Å². The van der Waals surface area contributed by atoms with Crippen molar-refractivity contribution in [2.75, 3.05) is 0 Å². The smallest absolute Gasteiger partial charge is 0.338 e. The van der Waals surface area contributed by atoms with E-state index in [0.717, 1.165) is 16.7 Å². The molecule has 0 saturated heterocycles. The number of carbonyl (C=O) groups excluding carboxylic acids is 1. The Hall–Kier alpha value is -3.33. The Morgan fingerprint density at radius 3 is 1.89 bits per heavy atom. The first-order chi connectivity index (χ1) is 13.3. The Morgan fingerprint density at radius 2 is 1.46 bits per heavy atom. The highest BCUT2D eigenvalue weighted by molar-refractivity contribution is 5.88. The summed E-state index contributed by atoms with van der Waals surface area (Å²) >= 11 is 0. The predicted octanol–water partition coefficient (Wildman–Crippen LogP) is 6.94. The quantitative estimate of drug-likeness (QED) is 0.153.